The molecule has 0 aliphatic carbocycles. The van der Waals surface area contributed by atoms with Crippen molar-refractivity contribution in [2.75, 3.05) is 5.32 Å². The van der Waals surface area contributed by atoms with Crippen LogP contribution in [0.5, 0.6) is 0 Å². The Morgan fingerprint density at radius 3 is 2.57 bits per heavy atom. The number of aromatic amines is 1. The first kappa shape index (κ1) is 19.6. The number of carbonyl (C=O) groups is 2. The van der Waals surface area contributed by atoms with Crippen LogP contribution in [0, 0.1) is 10.7 Å². The number of benzene rings is 2. The average Bonchev–Trinajstić information content (AvgIpc) is 3.08. The molecule has 3 rings (SSSR count). The van der Waals surface area contributed by atoms with E-state index in [1.807, 2.05) is 68.4 Å². The topological polar surface area (TPSA) is 78.9 Å². The molecule has 0 atom stereocenters. The maximum Gasteiger partial charge on any atom is 0.270 e. The molecule has 0 saturated heterocycles. The zero-order valence-electron chi connectivity index (χ0n) is 15.7. The Kier molecular flexibility index (Phi) is 6.06. The first-order valence-electron chi connectivity index (χ1n) is 8.99. The molecule has 2 amide bonds. The van der Waals surface area contributed by atoms with Crippen molar-refractivity contribution >= 4 is 29.7 Å². The summed E-state index contributed by atoms with van der Waals surface area (Å²) < 4.78 is 2.15. The molecule has 1 aromatic heterocycles. The van der Waals surface area contributed by atoms with E-state index in [4.69, 9.17) is 12.2 Å². The lowest BCUT2D eigenvalue weighted by molar-refractivity contribution is -0.118. The highest BCUT2D eigenvalue weighted by atomic mass is 32.1. The van der Waals surface area contributed by atoms with E-state index in [9.17, 15) is 9.59 Å². The van der Waals surface area contributed by atoms with E-state index < -0.39 is 0 Å². The minimum atomic E-state index is -0.243. The normalized spacial score (nSPS) is 10.7. The molecule has 3 N–H and O–H groups in total. The summed E-state index contributed by atoms with van der Waals surface area (Å²) in [5, 5.41) is 5.76. The van der Waals surface area contributed by atoms with Gasteiger partial charge in [-0.3, -0.25) is 14.2 Å². The summed E-state index contributed by atoms with van der Waals surface area (Å²) in [6.07, 6.45) is 1.60. The second-order valence-corrected chi connectivity index (χ2v) is 7.06. The molecule has 144 valence electrons. The molecule has 0 saturated carbocycles. The van der Waals surface area contributed by atoms with Crippen molar-refractivity contribution in [3.05, 3.63) is 76.8 Å². The fourth-order valence-electron chi connectivity index (χ4n) is 2.69. The van der Waals surface area contributed by atoms with E-state index in [0.717, 1.165) is 11.3 Å². The van der Waals surface area contributed by atoms with Crippen LogP contribution in [-0.2, 0) is 11.3 Å². The Bertz CT molecular complexity index is 1040. The average molecular weight is 395 g/mol. The van der Waals surface area contributed by atoms with Gasteiger partial charge in [0.1, 0.15) is 5.69 Å². The molecule has 0 aliphatic rings. The highest BCUT2D eigenvalue weighted by Crippen LogP contribution is 2.14. The zero-order valence-corrected chi connectivity index (χ0v) is 16.5. The summed E-state index contributed by atoms with van der Waals surface area (Å²) in [5.41, 5.74) is 2.84. The molecule has 3 aromatic rings. The molecule has 0 fully saturated rings. The number of nitrogens with one attached hydrogen (secondary N) is 3. The van der Waals surface area contributed by atoms with Gasteiger partial charge in [0, 0.05) is 30.0 Å². The van der Waals surface area contributed by atoms with Crippen molar-refractivity contribution in [3.63, 3.8) is 0 Å². The number of imidazole rings is 1. The lowest BCUT2D eigenvalue weighted by atomic mass is 10.1. The second kappa shape index (κ2) is 8.67. The largest absolute Gasteiger partial charge is 0.347 e. The summed E-state index contributed by atoms with van der Waals surface area (Å²) in [5.74, 6) is -0.388. The Balaban J connectivity index is 1.72. The minimum Gasteiger partial charge on any atom is -0.347 e. The van der Waals surface area contributed by atoms with E-state index in [2.05, 4.69) is 15.6 Å². The lowest BCUT2D eigenvalue weighted by Crippen LogP contribution is -2.25. The number of carbonyl (C=O) groups excluding carboxylic acids is 2. The van der Waals surface area contributed by atoms with Gasteiger partial charge in [-0.15, -0.1) is 0 Å². The molecule has 7 heteroatoms. The van der Waals surface area contributed by atoms with Gasteiger partial charge in [-0.25, -0.2) is 0 Å². The van der Waals surface area contributed by atoms with Crippen LogP contribution in [0.2, 0.25) is 0 Å². The Morgan fingerprint density at radius 1 is 1.11 bits per heavy atom. The number of aromatic nitrogens is 2. The molecule has 0 aliphatic heterocycles. The molecule has 0 radical (unpaired) electrons. The number of nitrogens with zero attached hydrogens (tertiary/aromatic N) is 1. The van der Waals surface area contributed by atoms with Crippen LogP contribution in [0.1, 0.15) is 29.9 Å². The SMILES string of the molecule is CC(C)C(=O)Nc1cccc(CNC(=O)c2c[nH]c(=S)n2-c2ccccc2)c1. The van der Waals surface area contributed by atoms with Gasteiger partial charge < -0.3 is 15.6 Å². The van der Waals surface area contributed by atoms with Gasteiger partial charge >= 0.3 is 0 Å². The maximum absolute atomic E-state index is 12.7. The van der Waals surface area contributed by atoms with Crippen LogP contribution in [0.3, 0.4) is 0 Å². The van der Waals surface area contributed by atoms with Crippen LogP contribution in [-0.4, -0.2) is 21.4 Å². The highest BCUT2D eigenvalue weighted by Gasteiger charge is 2.14. The zero-order chi connectivity index (χ0) is 20.1. The van der Waals surface area contributed by atoms with E-state index in [1.165, 1.54) is 0 Å². The predicted octanol–water partition coefficient (Wildman–Crippen LogP) is 4.06. The summed E-state index contributed by atoms with van der Waals surface area (Å²) in [7, 11) is 0. The van der Waals surface area contributed by atoms with Crippen molar-refractivity contribution in [1.29, 1.82) is 0 Å². The Morgan fingerprint density at radius 2 is 1.86 bits per heavy atom. The quantitative estimate of drug-likeness (QED) is 0.552. The molecule has 28 heavy (non-hydrogen) atoms. The van der Waals surface area contributed by atoms with Crippen LogP contribution < -0.4 is 10.6 Å². The molecule has 0 bridgehead atoms. The molecule has 2 aromatic carbocycles. The number of rotatable bonds is 6. The number of amides is 2. The molecule has 0 unspecified atom stereocenters. The van der Waals surface area contributed by atoms with E-state index in [0.29, 0.717) is 22.7 Å². The third-order valence-corrected chi connectivity index (χ3v) is 4.50. The number of anilines is 1. The fourth-order valence-corrected chi connectivity index (χ4v) is 2.95. The maximum atomic E-state index is 12.7. The summed E-state index contributed by atoms with van der Waals surface area (Å²) >= 11 is 5.32. The molecule has 0 spiro atoms. The number of para-hydroxylation sites is 1. The van der Waals surface area contributed by atoms with E-state index >= 15 is 0 Å². The Hall–Kier alpha value is -3.19. The first-order valence-corrected chi connectivity index (χ1v) is 9.40. The van der Waals surface area contributed by atoms with E-state index in [-0.39, 0.29) is 17.7 Å². The van der Waals surface area contributed by atoms with E-state index in [1.54, 1.807) is 10.8 Å². The van der Waals surface area contributed by atoms with Gasteiger partial charge in [-0.2, -0.15) is 0 Å². The smallest absolute Gasteiger partial charge is 0.270 e. The highest BCUT2D eigenvalue weighted by molar-refractivity contribution is 7.71. The van der Waals surface area contributed by atoms with Gasteiger partial charge in [0.2, 0.25) is 5.91 Å². The number of hydrogen-bond donors (Lipinski definition) is 3. The third-order valence-electron chi connectivity index (χ3n) is 4.20. The van der Waals surface area contributed by atoms with Gasteiger partial charge in [0.15, 0.2) is 4.77 Å². The Labute approximate surface area is 168 Å². The standard InChI is InChI=1S/C21H22N4O2S/c1-14(2)19(26)24-16-8-6-7-15(11-16)12-22-20(27)18-13-23-21(28)25(18)17-9-4-3-5-10-17/h3-11,13-14H,12H2,1-2H3,(H,22,27)(H,23,28)(H,24,26). The summed E-state index contributed by atoms with van der Waals surface area (Å²) in [4.78, 5) is 27.5. The van der Waals surface area contributed by atoms with Crippen molar-refractivity contribution in [2.45, 2.75) is 20.4 Å². The number of hydrogen-bond acceptors (Lipinski definition) is 3. The van der Waals surface area contributed by atoms with Crippen molar-refractivity contribution < 1.29 is 9.59 Å². The van der Waals surface area contributed by atoms with Crippen molar-refractivity contribution in [3.8, 4) is 5.69 Å². The van der Waals surface area contributed by atoms with Crippen molar-refractivity contribution in [2.24, 2.45) is 5.92 Å². The fraction of sp³-hybridized carbons (Fsp3) is 0.190. The molecular formula is C21H22N4O2S. The van der Waals surface area contributed by atoms with Crippen LogP contribution in [0.25, 0.3) is 5.69 Å². The monoisotopic (exact) mass is 394 g/mol. The van der Waals surface area contributed by atoms with Crippen LogP contribution in [0.15, 0.2) is 60.8 Å². The van der Waals surface area contributed by atoms with Gasteiger partial charge in [-0.05, 0) is 42.0 Å². The van der Waals surface area contributed by atoms with Crippen LogP contribution in [0.4, 0.5) is 5.69 Å². The lowest BCUT2D eigenvalue weighted by Gasteiger charge is -2.11. The predicted molar refractivity (Wildman–Crippen MR) is 112 cm³/mol. The van der Waals surface area contributed by atoms with Gasteiger partial charge in [0.05, 0.1) is 0 Å². The second-order valence-electron chi connectivity index (χ2n) is 6.68. The third kappa shape index (κ3) is 4.55. The first-order chi connectivity index (χ1) is 13.5. The molecule has 6 nitrogen and oxygen atoms in total. The summed E-state index contributed by atoms with van der Waals surface area (Å²) in [6, 6.07) is 16.9. The van der Waals surface area contributed by atoms with Gasteiger partial charge in [-0.1, -0.05) is 44.2 Å². The molecular weight excluding hydrogens is 372 g/mol. The van der Waals surface area contributed by atoms with Gasteiger partial charge in [0.25, 0.3) is 5.91 Å². The molecule has 1 heterocycles. The minimum absolute atomic E-state index is 0.0459. The van der Waals surface area contributed by atoms with Crippen LogP contribution >= 0.6 is 12.2 Å². The number of H-pyrrole nitrogens is 1. The summed E-state index contributed by atoms with van der Waals surface area (Å²) in [6.45, 7) is 4.01. The van der Waals surface area contributed by atoms with Crippen molar-refractivity contribution in [1.82, 2.24) is 14.9 Å².